The van der Waals surface area contributed by atoms with Gasteiger partial charge in [0.2, 0.25) is 5.91 Å². The first kappa shape index (κ1) is 69.5. The molecule has 71 heavy (non-hydrogen) atoms. The molecule has 3 atom stereocenters. The van der Waals surface area contributed by atoms with E-state index in [1.54, 1.807) is 6.08 Å². The van der Waals surface area contributed by atoms with Gasteiger partial charge >= 0.3 is 7.82 Å². The third kappa shape index (κ3) is 56.0. The van der Waals surface area contributed by atoms with E-state index in [1.165, 1.54) is 225 Å². The number of phosphoric ester groups is 1. The number of nitrogens with zero attached hydrogens (tertiary/aromatic N) is 1. The van der Waals surface area contributed by atoms with Crippen molar-refractivity contribution < 1.29 is 32.9 Å². The highest BCUT2D eigenvalue weighted by molar-refractivity contribution is 7.47. The van der Waals surface area contributed by atoms with E-state index in [0.29, 0.717) is 17.4 Å². The number of aliphatic hydroxyl groups excluding tert-OH is 1. The van der Waals surface area contributed by atoms with Crippen LogP contribution in [-0.2, 0) is 18.4 Å². The van der Waals surface area contributed by atoms with Crippen LogP contribution in [0.25, 0.3) is 0 Å². The summed E-state index contributed by atoms with van der Waals surface area (Å²) in [5, 5.41) is 13.9. The maximum Gasteiger partial charge on any atom is 0.472 e. The summed E-state index contributed by atoms with van der Waals surface area (Å²) >= 11 is 0. The molecule has 1 amide bonds. The molecular weight excluding hydrogens is 900 g/mol. The number of allylic oxidation sites excluding steroid dienone is 7. The number of hydrogen-bond donors (Lipinski definition) is 3. The van der Waals surface area contributed by atoms with E-state index in [2.05, 4.69) is 55.6 Å². The molecule has 0 saturated carbocycles. The molecule has 0 aliphatic carbocycles. The Morgan fingerprint density at radius 3 is 1.13 bits per heavy atom. The number of hydrogen-bond acceptors (Lipinski definition) is 5. The molecule has 0 bridgehead atoms. The van der Waals surface area contributed by atoms with Crippen molar-refractivity contribution in [3.63, 3.8) is 0 Å². The van der Waals surface area contributed by atoms with Gasteiger partial charge in [-0.25, -0.2) is 4.57 Å². The van der Waals surface area contributed by atoms with Gasteiger partial charge in [-0.2, -0.15) is 0 Å². The molecule has 0 aliphatic heterocycles. The van der Waals surface area contributed by atoms with Gasteiger partial charge in [-0.05, 0) is 70.6 Å². The van der Waals surface area contributed by atoms with Gasteiger partial charge in [0.15, 0.2) is 0 Å². The van der Waals surface area contributed by atoms with Crippen molar-refractivity contribution in [1.82, 2.24) is 5.32 Å². The van der Waals surface area contributed by atoms with E-state index < -0.39 is 20.0 Å². The lowest BCUT2D eigenvalue weighted by molar-refractivity contribution is -0.870. The number of aliphatic hydroxyl groups is 1. The summed E-state index contributed by atoms with van der Waals surface area (Å²) in [5.74, 6) is -0.189. The van der Waals surface area contributed by atoms with Crippen molar-refractivity contribution >= 4 is 13.7 Å². The molecule has 418 valence electrons. The molecule has 3 unspecified atom stereocenters. The van der Waals surface area contributed by atoms with Gasteiger partial charge in [-0.1, -0.05) is 262 Å². The Balaban J connectivity index is 4.20. The number of quaternary nitrogens is 1. The Morgan fingerprint density at radius 2 is 0.775 bits per heavy atom. The molecule has 0 fully saturated rings. The van der Waals surface area contributed by atoms with Crippen LogP contribution in [0.2, 0.25) is 0 Å². The molecular formula is C62H120N2O6P+. The summed E-state index contributed by atoms with van der Waals surface area (Å²) in [6, 6.07) is -0.871. The Morgan fingerprint density at radius 1 is 0.465 bits per heavy atom. The third-order valence-corrected chi connectivity index (χ3v) is 14.7. The van der Waals surface area contributed by atoms with E-state index in [-0.39, 0.29) is 19.1 Å². The van der Waals surface area contributed by atoms with E-state index in [1.807, 2.05) is 27.2 Å². The van der Waals surface area contributed by atoms with Crippen LogP contribution >= 0.6 is 7.82 Å². The topological polar surface area (TPSA) is 105 Å². The lowest BCUT2D eigenvalue weighted by Crippen LogP contribution is -2.45. The van der Waals surface area contributed by atoms with E-state index in [0.717, 1.165) is 44.9 Å². The standard InChI is InChI=1S/C62H119N2O6P/c1-6-8-10-12-14-16-18-20-22-24-26-28-29-30-31-32-33-34-36-38-40-42-44-46-48-50-52-54-56-62(66)63-60(59-70-71(67,68)69-58-57-64(3,4)5)61(65)55-53-51-49-47-45-43-41-39-37-35-27-25-23-21-19-17-15-13-11-9-7-2/h30-31,37,39,45,47,53,55,60-61,65H,6-29,32-36,38,40-44,46,48-52,54,56-59H2,1-5H3,(H-,63,66,67,68)/p+1/b31-30-,39-37+,47-45+,55-53+. The molecule has 0 radical (unpaired) electrons. The number of likely N-dealkylation sites (N-methyl/N-ethyl adjacent to an activating group) is 1. The average molecular weight is 1020 g/mol. The zero-order chi connectivity index (χ0) is 52.0. The number of carbonyl (C=O) groups is 1. The van der Waals surface area contributed by atoms with Gasteiger partial charge in [-0.15, -0.1) is 0 Å². The Bertz CT molecular complexity index is 1290. The minimum absolute atomic E-state index is 0.0534. The summed E-state index contributed by atoms with van der Waals surface area (Å²) < 4.78 is 23.7. The zero-order valence-corrected chi connectivity index (χ0v) is 48.6. The quantitative estimate of drug-likeness (QED) is 0.0243. The second kappa shape index (κ2) is 53.3. The largest absolute Gasteiger partial charge is 0.472 e. The SMILES string of the molecule is CCCCCCCCCCCCC/C=C/CC/C=C/CC/C=C/C(O)C(COP(=O)(O)OCC[N+](C)(C)C)NC(=O)CCCCCCCCCCCCCC/C=C\CCCCCCCCCCCCCC. The molecule has 0 saturated heterocycles. The van der Waals surface area contributed by atoms with Crippen molar-refractivity contribution in [2.75, 3.05) is 40.9 Å². The van der Waals surface area contributed by atoms with E-state index in [9.17, 15) is 19.4 Å². The van der Waals surface area contributed by atoms with Crippen molar-refractivity contribution in [3.05, 3.63) is 48.6 Å². The maximum atomic E-state index is 13.0. The lowest BCUT2D eigenvalue weighted by Gasteiger charge is -2.25. The van der Waals surface area contributed by atoms with Crippen LogP contribution in [0.4, 0.5) is 0 Å². The van der Waals surface area contributed by atoms with Crippen LogP contribution in [-0.4, -0.2) is 73.4 Å². The second-order valence-electron chi connectivity index (χ2n) is 22.1. The molecule has 0 aromatic rings. The number of phosphoric acid groups is 1. The van der Waals surface area contributed by atoms with Gasteiger partial charge in [0.05, 0.1) is 39.9 Å². The van der Waals surface area contributed by atoms with Gasteiger partial charge in [0, 0.05) is 6.42 Å². The predicted molar refractivity (Wildman–Crippen MR) is 309 cm³/mol. The molecule has 0 spiro atoms. The second-order valence-corrected chi connectivity index (χ2v) is 23.5. The maximum absolute atomic E-state index is 13.0. The Labute approximate surface area is 441 Å². The molecule has 0 aliphatic rings. The van der Waals surface area contributed by atoms with Gasteiger partial charge < -0.3 is 19.8 Å². The summed E-state index contributed by atoms with van der Waals surface area (Å²) in [4.78, 5) is 23.3. The average Bonchev–Trinajstić information content (AvgIpc) is 3.33. The fourth-order valence-corrected chi connectivity index (χ4v) is 9.69. The third-order valence-electron chi connectivity index (χ3n) is 13.7. The Hall–Kier alpha value is -1.54. The van der Waals surface area contributed by atoms with Gasteiger partial charge in [0.25, 0.3) is 0 Å². The summed E-state index contributed by atoms with van der Waals surface area (Å²) in [6.07, 6.45) is 70.9. The number of rotatable bonds is 56. The van der Waals surface area contributed by atoms with E-state index >= 15 is 0 Å². The first-order chi connectivity index (χ1) is 34.5. The van der Waals surface area contributed by atoms with Crippen LogP contribution in [0.15, 0.2) is 48.6 Å². The van der Waals surface area contributed by atoms with Crippen LogP contribution in [0.5, 0.6) is 0 Å². The smallest absolute Gasteiger partial charge is 0.387 e. The monoisotopic (exact) mass is 1020 g/mol. The highest BCUT2D eigenvalue weighted by Crippen LogP contribution is 2.43. The lowest BCUT2D eigenvalue weighted by atomic mass is 10.0. The first-order valence-electron chi connectivity index (χ1n) is 30.5. The fourth-order valence-electron chi connectivity index (χ4n) is 8.95. The molecule has 0 aromatic heterocycles. The number of amides is 1. The van der Waals surface area contributed by atoms with Crippen LogP contribution in [0.1, 0.15) is 290 Å². The summed E-state index contributed by atoms with van der Waals surface area (Å²) in [7, 11) is 1.55. The van der Waals surface area contributed by atoms with Crippen molar-refractivity contribution in [3.8, 4) is 0 Å². The highest BCUT2D eigenvalue weighted by atomic mass is 31.2. The van der Waals surface area contributed by atoms with Gasteiger partial charge in [0.1, 0.15) is 13.2 Å². The molecule has 8 nitrogen and oxygen atoms in total. The molecule has 9 heteroatoms. The molecule has 0 rings (SSSR count). The van der Waals surface area contributed by atoms with Crippen molar-refractivity contribution in [2.45, 2.75) is 302 Å². The normalized spacial score (nSPS) is 14.2. The fraction of sp³-hybridized carbons (Fsp3) is 0.855. The van der Waals surface area contributed by atoms with Crippen molar-refractivity contribution in [2.24, 2.45) is 0 Å². The zero-order valence-electron chi connectivity index (χ0n) is 47.7. The number of carbonyl (C=O) groups excluding carboxylic acids is 1. The van der Waals surface area contributed by atoms with Crippen LogP contribution < -0.4 is 5.32 Å². The summed E-state index contributed by atoms with van der Waals surface area (Å²) in [5.41, 5.74) is 0. The summed E-state index contributed by atoms with van der Waals surface area (Å²) in [6.45, 7) is 4.82. The molecule has 0 heterocycles. The highest BCUT2D eigenvalue weighted by Gasteiger charge is 2.27. The number of nitrogens with one attached hydrogen (secondary N) is 1. The predicted octanol–water partition coefficient (Wildman–Crippen LogP) is 18.7. The Kier molecular flexibility index (Phi) is 52.1. The van der Waals surface area contributed by atoms with Crippen molar-refractivity contribution in [1.29, 1.82) is 0 Å². The number of unbranched alkanes of at least 4 members (excludes halogenated alkanes) is 37. The molecule has 3 N–H and O–H groups in total. The minimum Gasteiger partial charge on any atom is -0.387 e. The van der Waals surface area contributed by atoms with Crippen LogP contribution in [0.3, 0.4) is 0 Å². The first-order valence-corrected chi connectivity index (χ1v) is 32.0. The van der Waals surface area contributed by atoms with E-state index in [4.69, 9.17) is 9.05 Å². The van der Waals surface area contributed by atoms with Gasteiger partial charge in [-0.3, -0.25) is 13.8 Å². The molecule has 0 aromatic carbocycles. The van der Waals surface area contributed by atoms with Crippen LogP contribution in [0, 0.1) is 0 Å². The minimum atomic E-state index is -4.36.